The molecule has 452 valence electrons. The highest BCUT2D eigenvalue weighted by Crippen LogP contribution is 2.65. The van der Waals surface area contributed by atoms with E-state index < -0.39 is 119 Å². The Labute approximate surface area is 498 Å². The Morgan fingerprint density at radius 1 is 0.694 bits per heavy atom. The number of hydrogen-bond donors (Lipinski definition) is 3. The SMILES string of the molecule is CC/C=C\C/C=C\C/C=C\C/C=C\C/C=C\C/C=C\CCC(=O)O[C@H]1C[C@H]2OC[C@@]2(OC(C)=O)C2C(OC(=O)c3ccccc3)[C@]3(O)C[C@H](OC(=O)[C@H](O)[C@@H](NC(=O)c4ccccc4)c4ccccc4)C(C)=C([C@@H](OC(C)=O)C(=O)[C@@]21C)C3(C)C. The van der Waals surface area contributed by atoms with Crippen molar-refractivity contribution in [1.82, 2.24) is 5.32 Å². The number of benzene rings is 3. The first-order valence-corrected chi connectivity index (χ1v) is 29.3. The van der Waals surface area contributed by atoms with Crippen LogP contribution < -0.4 is 5.32 Å². The van der Waals surface area contributed by atoms with E-state index in [1.54, 1.807) is 92.7 Å². The molecule has 1 saturated heterocycles. The standard InChI is InChI=1S/C69H81NO15/c1-8-9-10-11-12-13-14-15-16-17-18-19-20-21-22-23-24-25-35-42-55(73)83-53-43-54-68(45-80-54,85-48(4)72)60-62(84-64(77)51-40-33-28-34-41-51)69(79)44-52(46(2)56(66(69,5)6)59(81-47(3)71)61(75)67(53,60)7)82-65(78)58(74)57(49-36-29-26-30-37-49)70-63(76)50-38-31-27-32-39-50/h9-10,12-13,15-16,18-19,21-22,24-34,36-41,52-54,57-60,62,74,79H,8,11,14,17,20,23,35,42-45H2,1-7H3,(H,70,76)/b10-9-,13-12-,16-15-,19-18-,22-21-,25-24-/t52-,53-,54+,57-,58+,59+,60?,62?,67+,68-,69+/m0/s1. The highest BCUT2D eigenvalue weighted by Gasteiger charge is 2.79. The van der Waals surface area contributed by atoms with Gasteiger partial charge in [0.2, 0.25) is 0 Å². The third kappa shape index (κ3) is 14.8. The van der Waals surface area contributed by atoms with Crippen LogP contribution in [0.15, 0.2) is 175 Å². The number of amides is 1. The zero-order chi connectivity index (χ0) is 61.4. The maximum atomic E-state index is 16.3. The Bertz CT molecular complexity index is 3070. The van der Waals surface area contributed by atoms with Gasteiger partial charge in [0.15, 0.2) is 23.6 Å². The molecule has 16 heteroatoms. The molecule has 0 spiro atoms. The van der Waals surface area contributed by atoms with Crippen LogP contribution in [0.5, 0.6) is 0 Å². The van der Waals surface area contributed by atoms with Crippen molar-refractivity contribution < 1.29 is 72.2 Å². The summed E-state index contributed by atoms with van der Waals surface area (Å²) in [5.74, 6) is -7.71. The minimum Gasteiger partial charge on any atom is -0.461 e. The van der Waals surface area contributed by atoms with E-state index in [-0.39, 0.29) is 48.1 Å². The van der Waals surface area contributed by atoms with E-state index in [0.717, 1.165) is 46.0 Å². The number of carbonyl (C=O) groups is 7. The minimum atomic E-state index is -2.47. The van der Waals surface area contributed by atoms with E-state index in [1.807, 2.05) is 18.2 Å². The van der Waals surface area contributed by atoms with Gasteiger partial charge in [0.05, 0.1) is 29.5 Å². The van der Waals surface area contributed by atoms with Crippen LogP contribution in [0.4, 0.5) is 0 Å². The predicted molar refractivity (Wildman–Crippen MR) is 319 cm³/mol. The van der Waals surface area contributed by atoms with Crippen LogP contribution in [0, 0.1) is 16.7 Å². The second-order valence-corrected chi connectivity index (χ2v) is 22.8. The summed E-state index contributed by atoms with van der Waals surface area (Å²) in [6.07, 6.45) is 19.6. The van der Waals surface area contributed by atoms with Crippen LogP contribution in [0.3, 0.4) is 0 Å². The molecule has 7 rings (SSSR count). The molecule has 0 aromatic heterocycles. The molecule has 1 aliphatic heterocycles. The summed E-state index contributed by atoms with van der Waals surface area (Å²) >= 11 is 0. The Morgan fingerprint density at radius 2 is 1.22 bits per heavy atom. The van der Waals surface area contributed by atoms with Crippen LogP contribution >= 0.6 is 0 Å². The number of ether oxygens (including phenoxy) is 6. The van der Waals surface area contributed by atoms with Crippen LogP contribution in [0.2, 0.25) is 0 Å². The lowest BCUT2D eigenvalue weighted by Crippen LogP contribution is -2.82. The maximum absolute atomic E-state index is 16.3. The lowest BCUT2D eigenvalue weighted by molar-refractivity contribution is -0.346. The van der Waals surface area contributed by atoms with E-state index in [1.165, 1.54) is 26.0 Å². The van der Waals surface area contributed by atoms with E-state index in [0.29, 0.717) is 12.0 Å². The number of carbonyl (C=O) groups excluding carboxylic acids is 7. The third-order valence-electron chi connectivity index (χ3n) is 16.8. The number of nitrogens with one attached hydrogen (secondary N) is 1. The first kappa shape index (κ1) is 64.8. The molecule has 85 heavy (non-hydrogen) atoms. The lowest BCUT2D eigenvalue weighted by Gasteiger charge is -2.67. The van der Waals surface area contributed by atoms with Gasteiger partial charge in [0.25, 0.3) is 5.91 Å². The van der Waals surface area contributed by atoms with Crippen LogP contribution in [0.1, 0.15) is 145 Å². The molecule has 0 radical (unpaired) electrons. The van der Waals surface area contributed by atoms with Crippen molar-refractivity contribution in [3.63, 3.8) is 0 Å². The summed E-state index contributed by atoms with van der Waals surface area (Å²) in [5, 5.41) is 28.9. The first-order valence-electron chi connectivity index (χ1n) is 29.3. The Morgan fingerprint density at radius 3 is 1.74 bits per heavy atom. The molecule has 3 N–H and O–H groups in total. The fraction of sp³-hybridized carbons (Fsp3) is 0.435. The number of fused-ring (bicyclic) bond motifs is 5. The molecule has 2 bridgehead atoms. The second-order valence-electron chi connectivity index (χ2n) is 22.8. The Hall–Kier alpha value is -7.79. The molecule has 11 atom stereocenters. The second kappa shape index (κ2) is 29.3. The number of allylic oxidation sites excluding steroid dienone is 12. The first-order chi connectivity index (χ1) is 40.7. The summed E-state index contributed by atoms with van der Waals surface area (Å²) in [6, 6.07) is 23.0. The normalized spacial score (nSPS) is 27.0. The molecule has 1 heterocycles. The van der Waals surface area contributed by atoms with Gasteiger partial charge < -0.3 is 44.0 Å². The number of aliphatic hydroxyl groups excluding tert-OH is 1. The monoisotopic (exact) mass is 1160 g/mol. The summed E-state index contributed by atoms with van der Waals surface area (Å²) in [5.41, 5.74) is -7.41. The number of esters is 5. The molecule has 3 aliphatic carbocycles. The Balaban J connectivity index is 1.21. The fourth-order valence-electron chi connectivity index (χ4n) is 12.4. The molecule has 2 unspecified atom stereocenters. The van der Waals surface area contributed by atoms with E-state index in [9.17, 15) is 39.0 Å². The highest BCUT2D eigenvalue weighted by molar-refractivity contribution is 5.96. The minimum absolute atomic E-state index is 0.0255. The fourth-order valence-corrected chi connectivity index (χ4v) is 12.4. The molecular weight excluding hydrogens is 1080 g/mol. The molecule has 4 aliphatic rings. The van der Waals surface area contributed by atoms with E-state index in [4.69, 9.17) is 28.4 Å². The van der Waals surface area contributed by atoms with Gasteiger partial charge in [-0.05, 0) is 99.8 Å². The van der Waals surface area contributed by atoms with Crippen molar-refractivity contribution in [2.75, 3.05) is 6.61 Å². The Kier molecular flexibility index (Phi) is 22.4. The summed E-state index contributed by atoms with van der Waals surface area (Å²) in [7, 11) is 0. The van der Waals surface area contributed by atoms with Crippen molar-refractivity contribution in [3.05, 3.63) is 192 Å². The van der Waals surface area contributed by atoms with Crippen LogP contribution in [0.25, 0.3) is 0 Å². The van der Waals surface area contributed by atoms with Gasteiger partial charge in [-0.1, -0.05) is 160 Å². The number of ketones is 1. The van der Waals surface area contributed by atoms with Crippen LogP contribution in [-0.4, -0.2) is 106 Å². The summed E-state index contributed by atoms with van der Waals surface area (Å²) in [6.45, 7) is 10.2. The van der Waals surface area contributed by atoms with Crippen molar-refractivity contribution in [2.24, 2.45) is 16.7 Å². The van der Waals surface area contributed by atoms with Gasteiger partial charge in [-0.2, -0.15) is 0 Å². The summed E-state index contributed by atoms with van der Waals surface area (Å²) < 4.78 is 37.7. The average Bonchev–Trinajstić information content (AvgIpc) is 0.693. The predicted octanol–water partition coefficient (Wildman–Crippen LogP) is 10.8. The largest absolute Gasteiger partial charge is 0.461 e. The van der Waals surface area contributed by atoms with Crippen molar-refractivity contribution in [2.45, 2.75) is 167 Å². The summed E-state index contributed by atoms with van der Waals surface area (Å²) in [4.78, 5) is 100. The molecular formula is C69H81NO15. The topological polar surface area (TPSA) is 227 Å². The number of aliphatic hydroxyl groups is 2. The number of rotatable bonds is 25. The van der Waals surface area contributed by atoms with Crippen molar-refractivity contribution >= 4 is 41.5 Å². The van der Waals surface area contributed by atoms with Crippen LogP contribution in [-0.2, 0) is 52.4 Å². The molecule has 3 aromatic carbocycles. The third-order valence-corrected chi connectivity index (χ3v) is 16.8. The van der Waals surface area contributed by atoms with Gasteiger partial charge in [0, 0.05) is 44.1 Å². The van der Waals surface area contributed by atoms with Gasteiger partial charge in [0.1, 0.15) is 30.0 Å². The highest BCUT2D eigenvalue weighted by atomic mass is 16.6. The smallest absolute Gasteiger partial charge is 0.338 e. The van der Waals surface area contributed by atoms with E-state index in [2.05, 4.69) is 66.9 Å². The quantitative estimate of drug-likeness (QED) is 0.0407. The molecule has 3 fully saturated rings. The van der Waals surface area contributed by atoms with Gasteiger partial charge in [-0.3, -0.25) is 24.0 Å². The van der Waals surface area contributed by atoms with Gasteiger partial charge in [-0.25, -0.2) is 9.59 Å². The molecule has 1 amide bonds. The average molecular weight is 1160 g/mol. The zero-order valence-corrected chi connectivity index (χ0v) is 49.7. The van der Waals surface area contributed by atoms with Gasteiger partial charge >= 0.3 is 29.8 Å². The van der Waals surface area contributed by atoms with Gasteiger partial charge in [-0.15, -0.1) is 0 Å². The zero-order valence-electron chi connectivity index (χ0n) is 49.7. The molecule has 3 aromatic rings. The molecule has 16 nitrogen and oxygen atoms in total. The molecule has 2 saturated carbocycles. The van der Waals surface area contributed by atoms with E-state index >= 15 is 4.79 Å². The van der Waals surface area contributed by atoms with Crippen molar-refractivity contribution in [1.29, 1.82) is 0 Å². The number of hydrogen-bond acceptors (Lipinski definition) is 15. The van der Waals surface area contributed by atoms with Crippen molar-refractivity contribution in [3.8, 4) is 0 Å². The maximum Gasteiger partial charge on any atom is 0.338 e. The lowest BCUT2D eigenvalue weighted by atomic mass is 9.44. The number of Topliss-reactive ketones (excluding diaryl/α,β-unsaturated/α-hetero) is 1.